The zero-order chi connectivity index (χ0) is 57.2. The van der Waals surface area contributed by atoms with Crippen LogP contribution in [0.5, 0.6) is 0 Å². The quantitative estimate of drug-likeness (QED) is 0.137. The van der Waals surface area contributed by atoms with Gasteiger partial charge in [0, 0.05) is 22.7 Å². The molecule has 0 aliphatic heterocycles. The van der Waals surface area contributed by atoms with Crippen LogP contribution >= 0.6 is 0 Å². The van der Waals surface area contributed by atoms with Crippen LogP contribution < -0.4 is 9.80 Å². The molecule has 0 radical (unpaired) electrons. The second-order valence-corrected chi connectivity index (χ2v) is 22.6. The number of para-hydroxylation sites is 2. The molecule has 4 aliphatic rings. The monoisotopic (exact) mass is 1090 g/mol. The molecule has 0 N–H and O–H groups in total. The molecular formula is C82H52N4. The average Bonchev–Trinajstić information content (AvgIpc) is 0.996. The third-order valence-corrected chi connectivity index (χ3v) is 17.8. The summed E-state index contributed by atoms with van der Waals surface area (Å²) in [5, 5.41) is 31.5. The van der Waals surface area contributed by atoms with Gasteiger partial charge in [-0.2, -0.15) is 10.5 Å². The molecule has 4 nitrogen and oxygen atoms in total. The highest BCUT2D eigenvalue weighted by Crippen LogP contribution is 2.54. The molecule has 0 bridgehead atoms. The normalized spacial score (nSPS) is 15.6. The lowest BCUT2D eigenvalue weighted by molar-refractivity contribution is 0.773. The molecule has 86 heavy (non-hydrogen) atoms. The molecule has 0 fully saturated rings. The Kier molecular flexibility index (Phi) is 12.1. The number of nitrogens with zero attached hydrogens (tertiary/aromatic N) is 4. The summed E-state index contributed by atoms with van der Waals surface area (Å²) in [5.74, 6) is -0.150. The maximum atomic E-state index is 11.1. The molecule has 16 rings (SSSR count). The Labute approximate surface area is 500 Å². The van der Waals surface area contributed by atoms with Crippen molar-refractivity contribution < 1.29 is 0 Å². The minimum Gasteiger partial charge on any atom is -0.329 e. The fraction of sp³-hybridized carbons (Fsp3) is 0.0244. The summed E-state index contributed by atoms with van der Waals surface area (Å²) in [4.78, 5) is 4.74. The van der Waals surface area contributed by atoms with Crippen molar-refractivity contribution in [2.24, 2.45) is 5.92 Å². The summed E-state index contributed by atoms with van der Waals surface area (Å²) in [6.07, 6.45) is 18.3. The van der Waals surface area contributed by atoms with E-state index in [1.165, 1.54) is 43.5 Å². The lowest BCUT2D eigenvalue weighted by atomic mass is 9.67. The average molecular weight is 1090 g/mol. The first kappa shape index (κ1) is 50.2. The summed E-state index contributed by atoms with van der Waals surface area (Å²) in [7, 11) is 0. The molecule has 0 aromatic heterocycles. The van der Waals surface area contributed by atoms with Crippen molar-refractivity contribution in [3.63, 3.8) is 0 Å². The predicted molar refractivity (Wildman–Crippen MR) is 356 cm³/mol. The number of benzene rings is 12. The van der Waals surface area contributed by atoms with Crippen LogP contribution in [0.1, 0.15) is 11.1 Å². The second-order valence-electron chi connectivity index (χ2n) is 22.6. The summed E-state index contributed by atoms with van der Waals surface area (Å²) in [6, 6.07) is 95.6. The van der Waals surface area contributed by atoms with Gasteiger partial charge in [0.25, 0.3) is 0 Å². The van der Waals surface area contributed by atoms with E-state index in [4.69, 9.17) is 0 Å². The van der Waals surface area contributed by atoms with E-state index in [-0.39, 0.29) is 12.0 Å². The van der Waals surface area contributed by atoms with Gasteiger partial charge in [-0.25, -0.2) is 0 Å². The molecule has 2 atom stereocenters. The van der Waals surface area contributed by atoms with Crippen LogP contribution in [0, 0.1) is 28.6 Å². The van der Waals surface area contributed by atoms with Gasteiger partial charge in [-0.15, -0.1) is 0 Å². The Bertz CT molecular complexity index is 5180. The molecule has 12 aromatic carbocycles. The first-order valence-electron chi connectivity index (χ1n) is 29.3. The number of anilines is 4. The molecule has 0 amide bonds. The van der Waals surface area contributed by atoms with Crippen LogP contribution in [0.4, 0.5) is 22.7 Å². The minimum atomic E-state index is -0.327. The maximum absolute atomic E-state index is 11.1. The fourth-order valence-electron chi connectivity index (χ4n) is 13.6. The molecule has 0 heterocycles. The molecule has 4 heteroatoms. The van der Waals surface area contributed by atoms with Gasteiger partial charge in [-0.3, -0.25) is 0 Å². The van der Waals surface area contributed by atoms with E-state index in [1.54, 1.807) is 0 Å². The Balaban J connectivity index is 0.873. The van der Waals surface area contributed by atoms with Gasteiger partial charge in [0.15, 0.2) is 0 Å². The summed E-state index contributed by atoms with van der Waals surface area (Å²) >= 11 is 0. The van der Waals surface area contributed by atoms with Crippen LogP contribution in [0.25, 0.3) is 87.6 Å². The van der Waals surface area contributed by atoms with Crippen molar-refractivity contribution in [1.82, 2.24) is 0 Å². The molecule has 4 aliphatic carbocycles. The van der Waals surface area contributed by atoms with Gasteiger partial charge < -0.3 is 9.80 Å². The van der Waals surface area contributed by atoms with E-state index in [1.807, 2.05) is 36.4 Å². The van der Waals surface area contributed by atoms with Crippen molar-refractivity contribution in [3.05, 3.63) is 348 Å². The number of hydrogen-bond donors (Lipinski definition) is 0. The molecule has 2 unspecified atom stereocenters. The zero-order valence-electron chi connectivity index (χ0n) is 46.8. The third kappa shape index (κ3) is 8.51. The molecule has 400 valence electrons. The second kappa shape index (κ2) is 20.7. The van der Waals surface area contributed by atoms with Crippen molar-refractivity contribution in [3.8, 4) is 56.6 Å². The van der Waals surface area contributed by atoms with Gasteiger partial charge in [0.1, 0.15) is 12.1 Å². The van der Waals surface area contributed by atoms with Gasteiger partial charge in [0.05, 0.1) is 39.9 Å². The molecular weight excluding hydrogens is 1040 g/mol. The van der Waals surface area contributed by atoms with Crippen molar-refractivity contribution >= 4 is 65.8 Å². The highest BCUT2D eigenvalue weighted by Gasteiger charge is 2.41. The van der Waals surface area contributed by atoms with E-state index in [9.17, 15) is 10.5 Å². The lowest BCUT2D eigenvalue weighted by Crippen LogP contribution is -2.38. The molecule has 12 aromatic rings. The predicted octanol–water partition coefficient (Wildman–Crippen LogP) is 20.8. The SMILES string of the molecule is N#Cc1ccccc1N(C1=C2C=CC3=C4C(=CC=C(C=C1)C24)C(N(c1ccccc1C#N)c1ccc(-c2ccc4ccccc4c2)cc1-c1ccc2ccccc2c1)C=C3)c1ccc(-c2ccc3ccccc3c2)cc1-c1ccc2ccccc2c1. The van der Waals surface area contributed by atoms with Crippen LogP contribution in [0.15, 0.2) is 337 Å². The Morgan fingerprint density at radius 2 is 0.779 bits per heavy atom. The van der Waals surface area contributed by atoms with Gasteiger partial charge in [-0.05, 0) is 183 Å². The van der Waals surface area contributed by atoms with Crippen molar-refractivity contribution in [2.75, 3.05) is 9.80 Å². The largest absolute Gasteiger partial charge is 0.329 e. The molecule has 0 saturated heterocycles. The number of hydrogen-bond acceptors (Lipinski definition) is 4. The van der Waals surface area contributed by atoms with Crippen LogP contribution in [-0.4, -0.2) is 6.04 Å². The highest BCUT2D eigenvalue weighted by atomic mass is 15.2. The number of fused-ring (bicyclic) bond motifs is 4. The Hall–Kier alpha value is -11.6. The van der Waals surface area contributed by atoms with E-state index in [0.717, 1.165) is 100 Å². The van der Waals surface area contributed by atoms with E-state index in [0.29, 0.717) is 11.1 Å². The van der Waals surface area contributed by atoms with Gasteiger partial charge in [0.2, 0.25) is 0 Å². The summed E-state index contributed by atoms with van der Waals surface area (Å²) < 4.78 is 0. The fourth-order valence-corrected chi connectivity index (χ4v) is 13.6. The molecule has 0 saturated carbocycles. The van der Waals surface area contributed by atoms with E-state index in [2.05, 4.69) is 289 Å². The molecule has 0 spiro atoms. The third-order valence-electron chi connectivity index (χ3n) is 17.8. The number of rotatable bonds is 10. The lowest BCUT2D eigenvalue weighted by Gasteiger charge is -2.44. The van der Waals surface area contributed by atoms with E-state index < -0.39 is 0 Å². The number of allylic oxidation sites excluding steroid dienone is 10. The Morgan fingerprint density at radius 1 is 0.337 bits per heavy atom. The summed E-state index contributed by atoms with van der Waals surface area (Å²) in [5.41, 5.74) is 20.3. The topological polar surface area (TPSA) is 54.1 Å². The van der Waals surface area contributed by atoms with Crippen molar-refractivity contribution in [1.29, 1.82) is 10.5 Å². The van der Waals surface area contributed by atoms with Crippen LogP contribution in [0.2, 0.25) is 0 Å². The van der Waals surface area contributed by atoms with Crippen LogP contribution in [-0.2, 0) is 0 Å². The maximum Gasteiger partial charge on any atom is 0.101 e. The number of nitriles is 2. The zero-order valence-corrected chi connectivity index (χ0v) is 46.8. The van der Waals surface area contributed by atoms with Crippen LogP contribution in [0.3, 0.4) is 0 Å². The van der Waals surface area contributed by atoms with E-state index >= 15 is 0 Å². The smallest absolute Gasteiger partial charge is 0.101 e. The first-order chi connectivity index (χ1) is 42.5. The Morgan fingerprint density at radius 3 is 1.34 bits per heavy atom. The minimum absolute atomic E-state index is 0.150. The highest BCUT2D eigenvalue weighted by molar-refractivity contribution is 5.98. The van der Waals surface area contributed by atoms with Gasteiger partial charge in [-0.1, -0.05) is 225 Å². The van der Waals surface area contributed by atoms with Gasteiger partial charge >= 0.3 is 0 Å². The standard InChI is InChI=1S/C82H52N4/c83-51-69-21-9-11-23-75(69)85(79-43-37-65(63-29-25-53-13-1-5-17-59(53)45-63)49-73(79)67-31-27-55-15-3-7-19-61(55)47-67)77-41-35-57-34-40-72-78(42-36-58-33-39-71(77)81(57)82(58)72)86(76-24-12-10-22-70(76)52-84)80-44-38-66(64-30-26-54-14-2-6-18-60(54)46-64)50-74(80)68-32-28-56-16-4-8-20-62(56)48-68/h1-50,77,82H. The van der Waals surface area contributed by atoms with Crippen molar-refractivity contribution in [2.45, 2.75) is 6.04 Å². The summed E-state index contributed by atoms with van der Waals surface area (Å²) in [6.45, 7) is 0. The first-order valence-corrected chi connectivity index (χ1v) is 29.3.